The maximum absolute atomic E-state index is 11.1. The molecule has 1 aliphatic rings. The number of amides is 1. The molecule has 5 heteroatoms. The minimum Gasteiger partial charge on any atom is -0.356 e. The number of carbonyl (C=O) groups is 1. The van der Waals surface area contributed by atoms with Crippen LogP contribution < -0.4 is 5.32 Å². The van der Waals surface area contributed by atoms with Gasteiger partial charge in [-0.2, -0.15) is 0 Å². The first kappa shape index (κ1) is 17.7. The van der Waals surface area contributed by atoms with Crippen molar-refractivity contribution in [1.29, 1.82) is 0 Å². The topological polar surface area (TPSA) is 50.2 Å². The second-order valence-corrected chi connectivity index (χ2v) is 7.12. The molecule has 1 aliphatic heterocycles. The summed E-state index contributed by atoms with van der Waals surface area (Å²) >= 11 is 0. The van der Waals surface area contributed by atoms with Gasteiger partial charge in [-0.1, -0.05) is 0 Å². The average Bonchev–Trinajstić information content (AvgIpc) is 2.88. The summed E-state index contributed by atoms with van der Waals surface area (Å²) in [4.78, 5) is 17.9. The van der Waals surface area contributed by atoms with E-state index < -0.39 is 0 Å². The standard InChI is InChI=1S/C20H28N4O/c1-15-10-19(16(2)24(15)20-7-4-8-21-12-20)14-23-9-5-6-18(13-23)11-22-17(3)25/h4,7-8,10,12,18H,5-6,9,11,13-14H2,1-3H3,(H,22,25). The van der Waals surface area contributed by atoms with Gasteiger partial charge in [0.1, 0.15) is 0 Å². The van der Waals surface area contributed by atoms with E-state index in [1.165, 1.54) is 29.8 Å². The number of nitrogens with one attached hydrogen (secondary N) is 1. The van der Waals surface area contributed by atoms with Gasteiger partial charge < -0.3 is 9.88 Å². The number of rotatable bonds is 5. The monoisotopic (exact) mass is 340 g/mol. The Kier molecular flexibility index (Phi) is 5.53. The van der Waals surface area contributed by atoms with Gasteiger partial charge in [0.05, 0.1) is 11.9 Å². The van der Waals surface area contributed by atoms with Gasteiger partial charge in [-0.3, -0.25) is 14.7 Å². The zero-order valence-electron chi connectivity index (χ0n) is 15.5. The molecule has 1 atom stereocenters. The van der Waals surface area contributed by atoms with E-state index in [0.29, 0.717) is 5.92 Å². The summed E-state index contributed by atoms with van der Waals surface area (Å²) in [5.74, 6) is 0.622. The average molecular weight is 340 g/mol. The Hall–Kier alpha value is -2.14. The molecule has 0 aromatic carbocycles. The molecule has 0 spiro atoms. The summed E-state index contributed by atoms with van der Waals surface area (Å²) < 4.78 is 2.28. The van der Waals surface area contributed by atoms with Gasteiger partial charge in [-0.25, -0.2) is 0 Å². The second kappa shape index (κ2) is 7.83. The summed E-state index contributed by atoms with van der Waals surface area (Å²) in [6, 6.07) is 6.37. The van der Waals surface area contributed by atoms with E-state index in [-0.39, 0.29) is 5.91 Å². The maximum atomic E-state index is 11.1. The number of pyridine rings is 1. The van der Waals surface area contributed by atoms with Crippen molar-refractivity contribution in [1.82, 2.24) is 19.8 Å². The van der Waals surface area contributed by atoms with Crippen molar-refractivity contribution in [3.63, 3.8) is 0 Å². The van der Waals surface area contributed by atoms with Gasteiger partial charge in [0.15, 0.2) is 0 Å². The first-order valence-electron chi connectivity index (χ1n) is 9.09. The normalized spacial score (nSPS) is 18.3. The number of aromatic nitrogens is 2. The van der Waals surface area contributed by atoms with Crippen LogP contribution in [0.15, 0.2) is 30.6 Å². The smallest absolute Gasteiger partial charge is 0.216 e. The Morgan fingerprint density at radius 1 is 1.40 bits per heavy atom. The van der Waals surface area contributed by atoms with E-state index in [9.17, 15) is 4.79 Å². The minimum absolute atomic E-state index is 0.0668. The Balaban J connectivity index is 1.70. The quantitative estimate of drug-likeness (QED) is 0.910. The molecule has 3 heterocycles. The van der Waals surface area contributed by atoms with Crippen LogP contribution in [0.5, 0.6) is 0 Å². The molecule has 5 nitrogen and oxygen atoms in total. The molecule has 1 unspecified atom stereocenters. The predicted octanol–water partition coefficient (Wildman–Crippen LogP) is 2.84. The highest BCUT2D eigenvalue weighted by atomic mass is 16.1. The first-order chi connectivity index (χ1) is 12.0. The van der Waals surface area contributed by atoms with Crippen molar-refractivity contribution in [2.75, 3.05) is 19.6 Å². The van der Waals surface area contributed by atoms with Crippen LogP contribution >= 0.6 is 0 Å². The van der Waals surface area contributed by atoms with Crippen molar-refractivity contribution in [3.8, 4) is 5.69 Å². The van der Waals surface area contributed by atoms with E-state index in [2.05, 4.69) is 45.7 Å². The van der Waals surface area contributed by atoms with Crippen LogP contribution in [0.4, 0.5) is 0 Å². The molecular formula is C20H28N4O. The number of likely N-dealkylation sites (tertiary alicyclic amines) is 1. The highest BCUT2D eigenvalue weighted by molar-refractivity contribution is 5.72. The van der Waals surface area contributed by atoms with Crippen molar-refractivity contribution in [2.24, 2.45) is 5.92 Å². The van der Waals surface area contributed by atoms with Crippen molar-refractivity contribution < 1.29 is 4.79 Å². The molecular weight excluding hydrogens is 312 g/mol. The molecule has 0 saturated carbocycles. The number of piperidine rings is 1. The molecule has 2 aromatic heterocycles. The van der Waals surface area contributed by atoms with Crippen molar-refractivity contribution >= 4 is 5.91 Å². The molecule has 1 saturated heterocycles. The SMILES string of the molecule is CC(=O)NCC1CCCN(Cc2cc(C)n(-c3cccnc3)c2C)C1. The Morgan fingerprint density at radius 2 is 2.24 bits per heavy atom. The zero-order valence-corrected chi connectivity index (χ0v) is 15.5. The summed E-state index contributed by atoms with van der Waals surface area (Å²) in [5.41, 5.74) is 5.02. The highest BCUT2D eigenvalue weighted by Crippen LogP contribution is 2.24. The number of carbonyl (C=O) groups excluding carboxylic acids is 1. The Morgan fingerprint density at radius 3 is 2.96 bits per heavy atom. The summed E-state index contributed by atoms with van der Waals surface area (Å²) in [7, 11) is 0. The molecule has 1 N–H and O–H groups in total. The highest BCUT2D eigenvalue weighted by Gasteiger charge is 2.21. The molecule has 0 radical (unpaired) electrons. The van der Waals surface area contributed by atoms with E-state index in [4.69, 9.17) is 0 Å². The van der Waals surface area contributed by atoms with Gasteiger partial charge in [-0.05, 0) is 62.9 Å². The third-order valence-corrected chi connectivity index (χ3v) is 5.08. The largest absolute Gasteiger partial charge is 0.356 e. The summed E-state index contributed by atoms with van der Waals surface area (Å²) in [5, 5.41) is 2.97. The Labute approximate surface area is 150 Å². The summed E-state index contributed by atoms with van der Waals surface area (Å²) in [6.07, 6.45) is 6.12. The van der Waals surface area contributed by atoms with Crippen molar-refractivity contribution in [3.05, 3.63) is 47.5 Å². The van der Waals surface area contributed by atoms with E-state index >= 15 is 0 Å². The number of nitrogens with zero attached hydrogens (tertiary/aromatic N) is 3. The lowest BCUT2D eigenvalue weighted by Crippen LogP contribution is -2.40. The lowest BCUT2D eigenvalue weighted by atomic mass is 9.97. The Bertz CT molecular complexity index is 723. The fraction of sp³-hybridized carbons (Fsp3) is 0.500. The molecule has 0 aliphatic carbocycles. The number of hydrogen-bond acceptors (Lipinski definition) is 3. The van der Waals surface area contributed by atoms with E-state index in [0.717, 1.165) is 31.9 Å². The molecule has 2 aromatic rings. The maximum Gasteiger partial charge on any atom is 0.216 e. The fourth-order valence-electron chi connectivity index (χ4n) is 3.86. The summed E-state index contributed by atoms with van der Waals surface area (Å²) in [6.45, 7) is 9.88. The third kappa shape index (κ3) is 4.28. The molecule has 3 rings (SSSR count). The van der Waals surface area contributed by atoms with Crippen LogP contribution in [0.2, 0.25) is 0 Å². The third-order valence-electron chi connectivity index (χ3n) is 5.08. The van der Waals surface area contributed by atoms with Gasteiger partial charge in [-0.15, -0.1) is 0 Å². The molecule has 134 valence electrons. The lowest BCUT2D eigenvalue weighted by molar-refractivity contribution is -0.119. The number of aryl methyl sites for hydroxylation is 1. The zero-order chi connectivity index (χ0) is 17.8. The van der Waals surface area contributed by atoms with Crippen LogP contribution in [0.25, 0.3) is 5.69 Å². The second-order valence-electron chi connectivity index (χ2n) is 7.12. The van der Waals surface area contributed by atoms with Crippen LogP contribution in [0.3, 0.4) is 0 Å². The van der Waals surface area contributed by atoms with E-state index in [1.807, 2.05) is 18.5 Å². The van der Waals surface area contributed by atoms with Gasteiger partial charge >= 0.3 is 0 Å². The van der Waals surface area contributed by atoms with Gasteiger partial charge in [0, 0.05) is 44.1 Å². The van der Waals surface area contributed by atoms with Gasteiger partial charge in [0.25, 0.3) is 0 Å². The van der Waals surface area contributed by atoms with Crippen LogP contribution in [-0.2, 0) is 11.3 Å². The van der Waals surface area contributed by atoms with Crippen LogP contribution in [0.1, 0.15) is 36.7 Å². The minimum atomic E-state index is 0.0668. The molecule has 25 heavy (non-hydrogen) atoms. The predicted molar refractivity (Wildman–Crippen MR) is 99.7 cm³/mol. The lowest BCUT2D eigenvalue weighted by Gasteiger charge is -2.32. The van der Waals surface area contributed by atoms with Gasteiger partial charge in [0.2, 0.25) is 5.91 Å². The molecule has 1 amide bonds. The first-order valence-corrected chi connectivity index (χ1v) is 9.09. The molecule has 0 bridgehead atoms. The molecule has 1 fully saturated rings. The number of hydrogen-bond donors (Lipinski definition) is 1. The van der Waals surface area contributed by atoms with Crippen LogP contribution in [0, 0.1) is 19.8 Å². The van der Waals surface area contributed by atoms with E-state index in [1.54, 1.807) is 6.92 Å². The van der Waals surface area contributed by atoms with Crippen molar-refractivity contribution in [2.45, 2.75) is 40.2 Å². The van der Waals surface area contributed by atoms with Crippen LogP contribution in [-0.4, -0.2) is 40.0 Å². The fourth-order valence-corrected chi connectivity index (χ4v) is 3.86.